The van der Waals surface area contributed by atoms with Crippen LogP contribution in [0.5, 0.6) is 0 Å². The van der Waals surface area contributed by atoms with Gasteiger partial charge in [-0.3, -0.25) is 14.2 Å². The molecule has 0 spiro atoms. The van der Waals surface area contributed by atoms with E-state index >= 15 is 0 Å². The number of carbonyl (C=O) groups is 1. The Hall–Kier alpha value is -3.87. The van der Waals surface area contributed by atoms with Gasteiger partial charge in [0.2, 0.25) is 0 Å². The summed E-state index contributed by atoms with van der Waals surface area (Å²) in [4.78, 5) is 41.9. The largest absolute Gasteiger partial charge is 0.454 e. The van der Waals surface area contributed by atoms with Crippen molar-refractivity contribution in [2.75, 3.05) is 19.6 Å². The first kappa shape index (κ1) is 40.9. The van der Waals surface area contributed by atoms with Gasteiger partial charge in [-0.05, 0) is 70.7 Å². The molecular weight excluding hydrogens is 669 g/mol. The van der Waals surface area contributed by atoms with Gasteiger partial charge < -0.3 is 29.5 Å². The van der Waals surface area contributed by atoms with E-state index in [1.165, 1.54) is 82.8 Å². The number of piperidine rings is 1. The normalized spacial score (nSPS) is 16.3. The van der Waals surface area contributed by atoms with Crippen molar-refractivity contribution in [1.29, 1.82) is 0 Å². The second-order valence-corrected chi connectivity index (χ2v) is 14.4. The number of aryl methyl sites for hydroxylation is 1. The van der Waals surface area contributed by atoms with Crippen LogP contribution in [0.2, 0.25) is 0 Å². The fourth-order valence-electron chi connectivity index (χ4n) is 7.58. The molecule has 0 radical (unpaired) electrons. The highest BCUT2D eigenvalue weighted by atomic mass is 19.1. The van der Waals surface area contributed by atoms with Gasteiger partial charge in [-0.2, -0.15) is 0 Å². The molecule has 2 aliphatic heterocycles. The quantitative estimate of drug-likeness (QED) is 0.0506. The van der Waals surface area contributed by atoms with Crippen LogP contribution in [-0.4, -0.2) is 50.3 Å². The highest BCUT2D eigenvalue weighted by molar-refractivity contribution is 5.79. The Morgan fingerprint density at radius 2 is 1.58 bits per heavy atom. The summed E-state index contributed by atoms with van der Waals surface area (Å²) in [6, 6.07) is 4.61. The van der Waals surface area contributed by atoms with E-state index in [0.29, 0.717) is 37.2 Å². The topological polar surface area (TPSA) is 157 Å². The Balaban J connectivity index is 0.00000144. The van der Waals surface area contributed by atoms with Crippen LogP contribution in [0.1, 0.15) is 157 Å². The number of likely N-dealkylation sites (tertiary alicyclic amines) is 1. The first-order valence-corrected chi connectivity index (χ1v) is 19.6. The van der Waals surface area contributed by atoms with E-state index in [0.717, 1.165) is 74.1 Å². The van der Waals surface area contributed by atoms with Crippen LogP contribution in [0, 0.1) is 28.1 Å². The molecule has 1 atom stereocenters. The number of unbranched alkanes of at least 4 members (excludes halogenated alkanes) is 12. The molecule has 5 rings (SSSR count). The van der Waals surface area contributed by atoms with Crippen LogP contribution in [0.25, 0.3) is 11.0 Å². The van der Waals surface area contributed by atoms with Crippen molar-refractivity contribution in [1.82, 2.24) is 19.6 Å². The zero-order valence-corrected chi connectivity index (χ0v) is 31.1. The Morgan fingerprint density at radius 1 is 0.962 bits per heavy atom. The minimum absolute atomic E-state index is 0.00549. The third-order valence-electron chi connectivity index (χ3n) is 10.5. The van der Waals surface area contributed by atoms with Crippen molar-refractivity contribution in [2.45, 2.75) is 154 Å². The number of nitrogens with zero attached hydrogens (tertiary/aromatic N) is 5. The Labute approximate surface area is 306 Å². The molecule has 4 heterocycles. The number of carbonyl (C=O) groups excluding carboxylic acids is 1. The molecule has 1 aromatic carbocycles. The number of aromatic nitrogens is 3. The molecule has 0 aliphatic carbocycles. The number of fused-ring (bicyclic) bond motifs is 2. The van der Waals surface area contributed by atoms with E-state index in [-0.39, 0.29) is 23.3 Å². The lowest BCUT2D eigenvalue weighted by Crippen LogP contribution is -2.38. The molecule has 52 heavy (non-hydrogen) atoms. The van der Waals surface area contributed by atoms with Gasteiger partial charge in [0.25, 0.3) is 5.56 Å². The summed E-state index contributed by atoms with van der Waals surface area (Å²) in [5, 5.41) is 19.9. The van der Waals surface area contributed by atoms with Crippen molar-refractivity contribution in [2.24, 2.45) is 0 Å². The molecule has 12 nitrogen and oxygen atoms in total. The molecule has 13 heteroatoms. The number of hydrogen-bond donors (Lipinski definition) is 0. The van der Waals surface area contributed by atoms with Gasteiger partial charge in [0.05, 0.1) is 10.8 Å². The number of hydrogen-bond acceptors (Lipinski definition) is 10. The number of esters is 1. The Morgan fingerprint density at radius 3 is 2.21 bits per heavy atom. The zero-order valence-electron chi connectivity index (χ0n) is 31.1. The van der Waals surface area contributed by atoms with E-state index in [9.17, 15) is 14.0 Å². The Kier molecular flexibility index (Phi) is 17.0. The minimum atomic E-state index is -1.75. The summed E-state index contributed by atoms with van der Waals surface area (Å²) in [5.41, 5.74) is 2.91. The summed E-state index contributed by atoms with van der Waals surface area (Å²) in [6.07, 6.45) is 20.5. The van der Waals surface area contributed by atoms with Crippen molar-refractivity contribution >= 4 is 16.9 Å². The average molecular weight is 727 g/mol. The summed E-state index contributed by atoms with van der Waals surface area (Å²) >= 11 is 0. The van der Waals surface area contributed by atoms with Crippen LogP contribution in [0.15, 0.2) is 27.5 Å². The van der Waals surface area contributed by atoms with Crippen molar-refractivity contribution < 1.29 is 23.5 Å². The van der Waals surface area contributed by atoms with Gasteiger partial charge in [-0.15, -0.1) is 0 Å². The lowest BCUT2D eigenvalue weighted by Gasteiger charge is -2.31. The highest BCUT2D eigenvalue weighted by Gasteiger charge is 2.29. The molecule has 3 aromatic rings. The van der Waals surface area contributed by atoms with E-state index in [4.69, 9.17) is 29.6 Å². The predicted octanol–water partition coefficient (Wildman–Crippen LogP) is 8.87. The first-order valence-electron chi connectivity index (χ1n) is 19.6. The molecule has 0 amide bonds. The van der Waals surface area contributed by atoms with Gasteiger partial charge in [-0.25, -0.2) is 9.37 Å². The number of benzene rings is 1. The molecule has 0 bridgehead atoms. The molecule has 1 unspecified atom stereocenters. The van der Waals surface area contributed by atoms with Gasteiger partial charge in [0.15, 0.2) is 17.5 Å². The number of rotatable bonds is 19. The third-order valence-corrected chi connectivity index (χ3v) is 10.5. The van der Waals surface area contributed by atoms with E-state index in [1.807, 2.05) is 6.92 Å². The second-order valence-electron chi connectivity index (χ2n) is 14.4. The van der Waals surface area contributed by atoms with Crippen LogP contribution in [-0.2, 0) is 22.5 Å². The van der Waals surface area contributed by atoms with Crippen molar-refractivity contribution in [3.05, 3.63) is 72.5 Å². The van der Waals surface area contributed by atoms with Gasteiger partial charge in [-0.1, -0.05) is 89.1 Å². The lowest BCUT2D eigenvalue weighted by molar-refractivity contribution is -0.402. The van der Waals surface area contributed by atoms with Crippen LogP contribution < -0.4 is 5.56 Å². The molecule has 1 fully saturated rings. The monoisotopic (exact) mass is 726 g/mol. The molecule has 0 N–H and O–H groups in total. The average Bonchev–Trinajstić information content (AvgIpc) is 3.53. The predicted molar refractivity (Wildman–Crippen MR) is 198 cm³/mol. The van der Waals surface area contributed by atoms with Gasteiger partial charge in [0, 0.05) is 48.1 Å². The van der Waals surface area contributed by atoms with E-state index in [2.05, 4.69) is 17.0 Å². The van der Waals surface area contributed by atoms with E-state index < -0.39 is 11.2 Å². The van der Waals surface area contributed by atoms with Crippen LogP contribution in [0.3, 0.4) is 0 Å². The summed E-state index contributed by atoms with van der Waals surface area (Å²) in [7, 11) is 0. The lowest BCUT2D eigenvalue weighted by atomic mass is 9.91. The summed E-state index contributed by atoms with van der Waals surface area (Å²) in [6.45, 7) is 7.37. The maximum absolute atomic E-state index is 13.6. The second kappa shape index (κ2) is 21.6. The molecule has 2 aliphatic rings. The molecule has 1 saturated heterocycles. The molecular formula is C39H57FN5O7-. The van der Waals surface area contributed by atoms with Crippen molar-refractivity contribution in [3.8, 4) is 0 Å². The zero-order chi connectivity index (χ0) is 37.3. The smallest absolute Gasteiger partial charge is 0.306 e. The number of ether oxygens (including phenoxy) is 1. The maximum atomic E-state index is 13.6. The Bertz CT molecular complexity index is 1610. The minimum Gasteiger partial charge on any atom is -0.454 e. The van der Waals surface area contributed by atoms with Gasteiger partial charge >= 0.3 is 5.97 Å². The molecule has 2 aromatic heterocycles. The van der Waals surface area contributed by atoms with Crippen molar-refractivity contribution in [3.63, 3.8) is 0 Å². The summed E-state index contributed by atoms with van der Waals surface area (Å²) < 4.78 is 26.6. The fourth-order valence-corrected chi connectivity index (χ4v) is 7.58. The fraction of sp³-hybridized carbons (Fsp3) is 0.692. The number of halogens is 1. The SMILES string of the molecule is CCCCCCCCCCCCCCCC(=O)OC1CCCn2c1nc(C)c(CCN1CCC(c3noc4cc(F)ccc34)CC1)c2=O.O=[N+]([O-])[O-]. The van der Waals surface area contributed by atoms with Crippen LogP contribution >= 0.6 is 0 Å². The van der Waals surface area contributed by atoms with Gasteiger partial charge in [0.1, 0.15) is 5.82 Å². The molecule has 288 valence electrons. The van der Waals surface area contributed by atoms with Crippen LogP contribution in [0.4, 0.5) is 4.39 Å². The highest BCUT2D eigenvalue weighted by Crippen LogP contribution is 2.33. The van der Waals surface area contributed by atoms with E-state index in [1.54, 1.807) is 10.6 Å². The first-order chi connectivity index (χ1) is 25.2. The third kappa shape index (κ3) is 12.7. The standard InChI is InChI=1S/C39H57FN4O4.NO3/c1-3-4-5-6-7-8-9-10-11-12-13-14-15-18-36(45)47-34-17-16-24-44-38(34)41-29(2)32(39(44)46)23-27-43-25-21-30(22-26-43)37-33-20-19-31(40)28-35(33)48-42-37;2-1(3)4/h19-20,28,30,34H,3-18,21-27H2,1-2H3;/q;-1. The molecule has 0 saturated carbocycles. The summed E-state index contributed by atoms with van der Waals surface area (Å²) in [5.74, 6) is 0.378. The maximum Gasteiger partial charge on any atom is 0.306 e.